The van der Waals surface area contributed by atoms with Crippen molar-refractivity contribution in [1.29, 1.82) is 0 Å². The molecule has 0 radical (unpaired) electrons. The minimum atomic E-state index is -2.24. The summed E-state index contributed by atoms with van der Waals surface area (Å²) in [4.78, 5) is 0. The van der Waals surface area contributed by atoms with Gasteiger partial charge in [0.2, 0.25) is 0 Å². The van der Waals surface area contributed by atoms with Crippen molar-refractivity contribution in [3.05, 3.63) is 24.3 Å². The molecule has 0 amide bonds. The Hall–Kier alpha value is -0.181. The molecule has 0 saturated heterocycles. The Morgan fingerprint density at radius 1 is 0.750 bits per heavy atom. The summed E-state index contributed by atoms with van der Waals surface area (Å²) in [7, 11) is 0. The van der Waals surface area contributed by atoms with E-state index in [1.54, 1.807) is 3.58 Å². The quantitative estimate of drug-likeness (QED) is 0.533. The molecule has 2 heteroatoms. The number of hydrogen-bond donors (Lipinski definition) is 1. The van der Waals surface area contributed by atoms with Gasteiger partial charge < -0.3 is 0 Å². The van der Waals surface area contributed by atoms with Crippen LogP contribution < -0.4 is 3.58 Å². The van der Waals surface area contributed by atoms with E-state index in [0.717, 1.165) is 0 Å². The summed E-state index contributed by atoms with van der Waals surface area (Å²) in [5.74, 6) is 0.412. The first-order valence-corrected chi connectivity index (χ1v) is 16.0. The third-order valence-corrected chi connectivity index (χ3v) is 20.2. The maximum absolute atomic E-state index is 9.57. The first-order valence-electron chi connectivity index (χ1n) is 8.48. The van der Waals surface area contributed by atoms with Gasteiger partial charge in [0, 0.05) is 0 Å². The van der Waals surface area contributed by atoms with Crippen LogP contribution in [0.1, 0.15) is 59.3 Å². The average molecular weight is 383 g/mol. The summed E-state index contributed by atoms with van der Waals surface area (Å²) < 4.78 is 6.13. The Balaban J connectivity index is 3.00. The van der Waals surface area contributed by atoms with Gasteiger partial charge in [-0.3, -0.25) is 0 Å². The number of rotatable bonds is 10. The van der Waals surface area contributed by atoms with Gasteiger partial charge >= 0.3 is 130 Å². The van der Waals surface area contributed by atoms with Gasteiger partial charge in [-0.2, -0.15) is 0 Å². The van der Waals surface area contributed by atoms with Gasteiger partial charge in [-0.15, -0.1) is 0 Å². The zero-order valence-corrected chi connectivity index (χ0v) is 16.5. The van der Waals surface area contributed by atoms with Crippen molar-refractivity contribution in [2.24, 2.45) is 0 Å². The molecule has 0 unspecified atom stereocenters. The van der Waals surface area contributed by atoms with Gasteiger partial charge in [0.1, 0.15) is 0 Å². The number of phenols is 1. The van der Waals surface area contributed by atoms with E-state index in [2.05, 4.69) is 32.9 Å². The van der Waals surface area contributed by atoms with Crippen LogP contribution in [0.4, 0.5) is 0 Å². The van der Waals surface area contributed by atoms with E-state index in [0.29, 0.717) is 5.75 Å². The van der Waals surface area contributed by atoms with E-state index in [-0.39, 0.29) is 0 Å². The normalized spacial score (nSPS) is 11.8. The van der Waals surface area contributed by atoms with Crippen LogP contribution in [0.5, 0.6) is 5.75 Å². The molecule has 0 aliphatic carbocycles. The van der Waals surface area contributed by atoms with Crippen molar-refractivity contribution >= 4 is 22.0 Å². The molecule has 1 rings (SSSR count). The molecule has 0 atom stereocenters. The molecule has 20 heavy (non-hydrogen) atoms. The molecule has 1 nitrogen and oxygen atoms in total. The Labute approximate surface area is 129 Å². The number of aromatic hydroxyl groups is 1. The summed E-state index contributed by atoms with van der Waals surface area (Å²) >= 11 is -2.24. The van der Waals surface area contributed by atoms with Gasteiger partial charge in [-0.25, -0.2) is 0 Å². The molecule has 0 aliphatic heterocycles. The van der Waals surface area contributed by atoms with Gasteiger partial charge in [-0.1, -0.05) is 0 Å². The van der Waals surface area contributed by atoms with Crippen LogP contribution in [-0.4, -0.2) is 23.5 Å². The maximum atomic E-state index is 9.57. The van der Waals surface area contributed by atoms with E-state index < -0.39 is 18.4 Å². The summed E-state index contributed by atoms with van der Waals surface area (Å²) in [6.07, 6.45) is 8.12. The van der Waals surface area contributed by atoms with Crippen molar-refractivity contribution in [2.75, 3.05) is 0 Å². The molecule has 0 bridgehead atoms. The van der Waals surface area contributed by atoms with E-state index in [4.69, 9.17) is 0 Å². The molecule has 0 saturated carbocycles. The second-order valence-corrected chi connectivity index (χ2v) is 19.4. The Bertz CT molecular complexity index is 336. The Morgan fingerprint density at radius 3 is 1.50 bits per heavy atom. The van der Waals surface area contributed by atoms with Crippen molar-refractivity contribution in [3.63, 3.8) is 0 Å². The van der Waals surface area contributed by atoms with Crippen molar-refractivity contribution in [2.45, 2.75) is 72.6 Å². The van der Waals surface area contributed by atoms with Crippen LogP contribution in [0.2, 0.25) is 13.3 Å². The summed E-state index contributed by atoms with van der Waals surface area (Å²) in [6, 6.07) is 8.30. The number of hydrogen-bond acceptors (Lipinski definition) is 1. The molecule has 0 spiro atoms. The summed E-state index contributed by atoms with van der Waals surface area (Å²) in [5.41, 5.74) is 0. The SMILES string of the molecule is CCC[CH2][Sn]([CH2]CCC)([CH2]CCC)[c]1ccc(O)cc1. The van der Waals surface area contributed by atoms with Crippen molar-refractivity contribution < 1.29 is 5.11 Å². The average Bonchev–Trinajstić information content (AvgIpc) is 2.48. The predicted molar refractivity (Wildman–Crippen MR) is 92.6 cm³/mol. The zero-order chi connectivity index (χ0) is 14.8. The molecule has 1 aromatic rings. The topological polar surface area (TPSA) is 20.2 Å². The van der Waals surface area contributed by atoms with Gasteiger partial charge in [-0.05, 0) is 0 Å². The first kappa shape index (κ1) is 17.9. The minimum absolute atomic E-state index is 0.412. The summed E-state index contributed by atoms with van der Waals surface area (Å²) in [6.45, 7) is 6.94. The van der Waals surface area contributed by atoms with E-state index in [1.807, 2.05) is 12.1 Å². The third kappa shape index (κ3) is 5.31. The van der Waals surface area contributed by atoms with Crippen LogP contribution in [-0.2, 0) is 0 Å². The van der Waals surface area contributed by atoms with Crippen LogP contribution in [0.15, 0.2) is 24.3 Å². The molecule has 0 heterocycles. The van der Waals surface area contributed by atoms with Crippen LogP contribution in [0.3, 0.4) is 0 Å². The van der Waals surface area contributed by atoms with E-state index in [9.17, 15) is 5.11 Å². The molecule has 114 valence electrons. The van der Waals surface area contributed by atoms with Crippen LogP contribution >= 0.6 is 0 Å². The fourth-order valence-corrected chi connectivity index (χ4v) is 19.1. The van der Waals surface area contributed by atoms with Gasteiger partial charge in [0.25, 0.3) is 0 Å². The monoisotopic (exact) mass is 384 g/mol. The number of unbranched alkanes of at least 4 members (excludes halogenated alkanes) is 3. The number of benzene rings is 1. The van der Waals surface area contributed by atoms with Gasteiger partial charge in [0.15, 0.2) is 0 Å². The standard InChI is InChI=1S/C6H5O.3C4H9.Sn/c7-6-4-2-1-3-5-6;3*1-3-4-2;/h2-5,7H;3*1,3-4H2,2H3;. The van der Waals surface area contributed by atoms with E-state index in [1.165, 1.54) is 51.8 Å². The second-order valence-electron chi connectivity index (χ2n) is 6.14. The third-order valence-electron chi connectivity index (χ3n) is 4.51. The van der Waals surface area contributed by atoms with Crippen molar-refractivity contribution in [1.82, 2.24) is 0 Å². The second kappa shape index (κ2) is 9.70. The molecule has 0 fully saturated rings. The van der Waals surface area contributed by atoms with E-state index >= 15 is 0 Å². The molecular weight excluding hydrogens is 351 g/mol. The Kier molecular flexibility index (Phi) is 8.67. The summed E-state index contributed by atoms with van der Waals surface area (Å²) in [5, 5.41) is 9.57. The molecule has 1 aromatic carbocycles. The van der Waals surface area contributed by atoms with Gasteiger partial charge in [0.05, 0.1) is 0 Å². The molecular formula is C18H32OSn. The van der Waals surface area contributed by atoms with Crippen molar-refractivity contribution in [3.8, 4) is 5.75 Å². The van der Waals surface area contributed by atoms with Crippen LogP contribution in [0.25, 0.3) is 0 Å². The molecule has 1 N–H and O–H groups in total. The molecule has 0 aromatic heterocycles. The fraction of sp³-hybridized carbons (Fsp3) is 0.667. The first-order chi connectivity index (χ1) is 9.68. The molecule has 0 aliphatic rings. The fourth-order valence-electron chi connectivity index (χ4n) is 3.17. The zero-order valence-electron chi connectivity index (χ0n) is 13.6. The number of phenolic OH excluding ortho intramolecular Hbond substituents is 1. The van der Waals surface area contributed by atoms with Crippen LogP contribution in [0, 0.1) is 0 Å². The predicted octanol–water partition coefficient (Wildman–Crippen LogP) is 5.45. The Morgan fingerprint density at radius 2 is 1.15 bits per heavy atom.